The molecular weight excluding hydrogens is 258 g/mol. The average Bonchev–Trinajstić information content (AvgIpc) is 2.75. The van der Waals surface area contributed by atoms with Gasteiger partial charge in [0.15, 0.2) is 0 Å². The van der Waals surface area contributed by atoms with Crippen molar-refractivity contribution in [3.63, 3.8) is 0 Å². The Labute approximate surface area is 114 Å². The Hall–Kier alpha value is -2.89. The van der Waals surface area contributed by atoms with Crippen LogP contribution < -0.4 is 10.6 Å². The molecule has 1 aliphatic heterocycles. The van der Waals surface area contributed by atoms with Gasteiger partial charge in [0, 0.05) is 29.1 Å². The number of carbonyl (C=O) groups excluding carboxylic acids is 1. The molecule has 0 saturated carbocycles. The summed E-state index contributed by atoms with van der Waals surface area (Å²) in [5, 5.41) is 10.8. The summed E-state index contributed by atoms with van der Waals surface area (Å²) in [6.07, 6.45) is 0. The van der Waals surface area contributed by atoms with Crippen molar-refractivity contribution in [3.05, 3.63) is 63.7 Å². The first-order valence-electron chi connectivity index (χ1n) is 6.01. The van der Waals surface area contributed by atoms with Gasteiger partial charge < -0.3 is 10.6 Å². The largest absolute Gasteiger partial charge is 0.399 e. The molecule has 2 N–H and O–H groups in total. The highest BCUT2D eigenvalue weighted by Gasteiger charge is 2.29. The summed E-state index contributed by atoms with van der Waals surface area (Å²) < 4.78 is 0. The molecule has 100 valence electrons. The van der Waals surface area contributed by atoms with Gasteiger partial charge in [0.05, 0.1) is 11.5 Å². The minimum Gasteiger partial charge on any atom is -0.399 e. The topological polar surface area (TPSA) is 89.5 Å². The van der Waals surface area contributed by atoms with Crippen molar-refractivity contribution in [3.8, 4) is 0 Å². The highest BCUT2D eigenvalue weighted by atomic mass is 16.6. The first-order chi connectivity index (χ1) is 9.56. The molecule has 1 amide bonds. The standard InChI is InChI=1S/C14H11N3O3/c15-10-2-1-3-11(7-10)16-8-9-6-12(17(19)20)4-5-13(9)14(16)18/h1-7H,8,15H2. The van der Waals surface area contributed by atoms with Crippen molar-refractivity contribution in [2.75, 3.05) is 10.6 Å². The van der Waals surface area contributed by atoms with Crippen LogP contribution in [0.2, 0.25) is 0 Å². The van der Waals surface area contributed by atoms with Crippen LogP contribution in [0, 0.1) is 10.1 Å². The lowest BCUT2D eigenvalue weighted by Crippen LogP contribution is -2.22. The second kappa shape index (κ2) is 4.34. The summed E-state index contributed by atoms with van der Waals surface area (Å²) in [5.41, 5.74) is 8.12. The third-order valence-electron chi connectivity index (χ3n) is 3.29. The van der Waals surface area contributed by atoms with E-state index in [1.807, 2.05) is 0 Å². The van der Waals surface area contributed by atoms with E-state index in [0.717, 1.165) is 0 Å². The summed E-state index contributed by atoms with van der Waals surface area (Å²) in [6.45, 7) is 0.319. The lowest BCUT2D eigenvalue weighted by Gasteiger charge is -2.15. The molecule has 1 aliphatic rings. The zero-order valence-electron chi connectivity index (χ0n) is 10.4. The maximum absolute atomic E-state index is 12.3. The van der Waals surface area contributed by atoms with Crippen molar-refractivity contribution >= 4 is 23.0 Å². The number of nitro benzene ring substituents is 1. The molecular formula is C14H11N3O3. The van der Waals surface area contributed by atoms with E-state index in [1.54, 1.807) is 29.2 Å². The van der Waals surface area contributed by atoms with Crippen molar-refractivity contribution in [2.45, 2.75) is 6.54 Å². The predicted molar refractivity (Wildman–Crippen MR) is 74.5 cm³/mol. The number of amides is 1. The minimum absolute atomic E-state index is 0.00836. The average molecular weight is 269 g/mol. The minimum atomic E-state index is -0.464. The molecule has 0 saturated heterocycles. The number of nitro groups is 1. The molecule has 0 atom stereocenters. The Kier molecular flexibility index (Phi) is 2.64. The van der Waals surface area contributed by atoms with Crippen molar-refractivity contribution < 1.29 is 9.72 Å². The lowest BCUT2D eigenvalue weighted by molar-refractivity contribution is -0.384. The third-order valence-corrected chi connectivity index (χ3v) is 3.29. The molecule has 2 aromatic carbocycles. The van der Waals surface area contributed by atoms with Crippen molar-refractivity contribution in [1.29, 1.82) is 0 Å². The highest BCUT2D eigenvalue weighted by molar-refractivity contribution is 6.10. The summed E-state index contributed by atoms with van der Waals surface area (Å²) in [7, 11) is 0. The van der Waals surface area contributed by atoms with Crippen LogP contribution >= 0.6 is 0 Å². The van der Waals surface area contributed by atoms with Gasteiger partial charge in [0.1, 0.15) is 0 Å². The predicted octanol–water partition coefficient (Wildman–Crippen LogP) is 2.34. The van der Waals surface area contributed by atoms with Gasteiger partial charge in [0.25, 0.3) is 11.6 Å². The number of rotatable bonds is 2. The number of benzene rings is 2. The van der Waals surface area contributed by atoms with Crippen LogP contribution in [-0.2, 0) is 6.54 Å². The fraction of sp³-hybridized carbons (Fsp3) is 0.0714. The van der Waals surface area contributed by atoms with Crippen molar-refractivity contribution in [2.24, 2.45) is 0 Å². The Morgan fingerprint density at radius 3 is 2.70 bits per heavy atom. The van der Waals surface area contributed by atoms with Gasteiger partial charge in [0.2, 0.25) is 0 Å². The Morgan fingerprint density at radius 2 is 2.00 bits per heavy atom. The zero-order chi connectivity index (χ0) is 14.3. The van der Waals surface area contributed by atoms with E-state index < -0.39 is 4.92 Å². The molecule has 2 aromatic rings. The number of nitrogens with two attached hydrogens (primary N) is 1. The first-order valence-corrected chi connectivity index (χ1v) is 6.01. The van der Waals surface area contributed by atoms with E-state index in [1.165, 1.54) is 18.2 Å². The maximum Gasteiger partial charge on any atom is 0.269 e. The number of non-ortho nitro benzene ring substituents is 1. The molecule has 6 heteroatoms. The number of nitrogens with zero attached hydrogens (tertiary/aromatic N) is 2. The molecule has 0 aliphatic carbocycles. The number of nitrogen functional groups attached to an aromatic ring is 1. The van der Waals surface area contributed by atoms with Crippen LogP contribution in [0.15, 0.2) is 42.5 Å². The molecule has 20 heavy (non-hydrogen) atoms. The Balaban J connectivity index is 2.00. The fourth-order valence-corrected chi connectivity index (χ4v) is 2.32. The third kappa shape index (κ3) is 1.87. The van der Waals surface area contributed by atoms with E-state index >= 15 is 0 Å². The number of hydrogen-bond donors (Lipinski definition) is 1. The van der Waals surface area contributed by atoms with Crippen LogP contribution in [0.1, 0.15) is 15.9 Å². The smallest absolute Gasteiger partial charge is 0.269 e. The van der Waals surface area contributed by atoms with E-state index in [4.69, 9.17) is 5.73 Å². The van der Waals surface area contributed by atoms with E-state index in [-0.39, 0.29) is 11.6 Å². The van der Waals surface area contributed by atoms with Gasteiger partial charge in [-0.15, -0.1) is 0 Å². The summed E-state index contributed by atoms with van der Waals surface area (Å²) >= 11 is 0. The van der Waals surface area contributed by atoms with Gasteiger partial charge in [-0.1, -0.05) is 6.07 Å². The van der Waals surface area contributed by atoms with Gasteiger partial charge in [-0.3, -0.25) is 14.9 Å². The second-order valence-corrected chi connectivity index (χ2v) is 4.58. The molecule has 0 spiro atoms. The summed E-state index contributed by atoms with van der Waals surface area (Å²) in [6, 6.07) is 11.3. The Bertz CT molecular complexity index is 727. The molecule has 0 unspecified atom stereocenters. The normalized spacial score (nSPS) is 13.4. The number of hydrogen-bond acceptors (Lipinski definition) is 4. The SMILES string of the molecule is Nc1cccc(N2Cc3cc([N+](=O)[O-])ccc3C2=O)c1. The molecule has 6 nitrogen and oxygen atoms in total. The first kappa shape index (κ1) is 12.2. The van der Waals surface area contributed by atoms with Gasteiger partial charge >= 0.3 is 0 Å². The number of anilines is 2. The van der Waals surface area contributed by atoms with Crippen LogP contribution in [0.4, 0.5) is 17.1 Å². The molecule has 0 radical (unpaired) electrons. The van der Waals surface area contributed by atoms with Crippen LogP contribution in [0.5, 0.6) is 0 Å². The van der Waals surface area contributed by atoms with Crippen molar-refractivity contribution in [1.82, 2.24) is 0 Å². The van der Waals surface area contributed by atoms with E-state index in [2.05, 4.69) is 0 Å². The van der Waals surface area contributed by atoms with Gasteiger partial charge in [-0.25, -0.2) is 0 Å². The second-order valence-electron chi connectivity index (χ2n) is 4.58. The fourth-order valence-electron chi connectivity index (χ4n) is 2.32. The molecule has 3 rings (SSSR count). The monoisotopic (exact) mass is 269 g/mol. The lowest BCUT2D eigenvalue weighted by atomic mass is 10.1. The van der Waals surface area contributed by atoms with Gasteiger partial charge in [-0.05, 0) is 29.8 Å². The summed E-state index contributed by atoms with van der Waals surface area (Å²) in [5.74, 6) is -0.166. The molecule has 0 fully saturated rings. The maximum atomic E-state index is 12.3. The molecule has 0 bridgehead atoms. The van der Waals surface area contributed by atoms with Crippen LogP contribution in [0.25, 0.3) is 0 Å². The zero-order valence-corrected chi connectivity index (χ0v) is 10.4. The number of fused-ring (bicyclic) bond motifs is 1. The number of carbonyl (C=O) groups is 1. The molecule has 1 heterocycles. The van der Waals surface area contributed by atoms with Crippen LogP contribution in [-0.4, -0.2) is 10.8 Å². The highest BCUT2D eigenvalue weighted by Crippen LogP contribution is 2.31. The summed E-state index contributed by atoms with van der Waals surface area (Å²) in [4.78, 5) is 24.2. The Morgan fingerprint density at radius 1 is 1.20 bits per heavy atom. The van der Waals surface area contributed by atoms with E-state index in [0.29, 0.717) is 29.0 Å². The van der Waals surface area contributed by atoms with E-state index in [9.17, 15) is 14.9 Å². The molecule has 0 aromatic heterocycles. The van der Waals surface area contributed by atoms with Gasteiger partial charge in [-0.2, -0.15) is 0 Å². The van der Waals surface area contributed by atoms with Crippen LogP contribution in [0.3, 0.4) is 0 Å². The quantitative estimate of drug-likeness (QED) is 0.514.